The van der Waals surface area contributed by atoms with E-state index in [1.807, 2.05) is 5.43 Å². The summed E-state index contributed by atoms with van der Waals surface area (Å²) in [6, 6.07) is 6.82. The van der Waals surface area contributed by atoms with E-state index < -0.39 is 17.8 Å². The lowest BCUT2D eigenvalue weighted by atomic mass is 10.3. The van der Waals surface area contributed by atoms with Gasteiger partial charge >= 0.3 is 6.18 Å². The summed E-state index contributed by atoms with van der Waals surface area (Å²) in [7, 11) is 0. The van der Waals surface area contributed by atoms with Gasteiger partial charge in [0.15, 0.2) is 5.69 Å². The lowest BCUT2D eigenvalue weighted by molar-refractivity contribution is -0.141. The van der Waals surface area contributed by atoms with Crippen LogP contribution in [-0.2, 0) is 6.18 Å². The van der Waals surface area contributed by atoms with Crippen LogP contribution in [0.4, 0.5) is 19.1 Å². The third-order valence-corrected chi connectivity index (χ3v) is 2.38. The molecule has 0 unspecified atom stereocenters. The predicted molar refractivity (Wildman–Crippen MR) is 66.4 cm³/mol. The normalized spacial score (nSPS) is 11.2. The fraction of sp³-hybridized carbons (Fsp3) is 0.0909. The molecule has 0 spiro atoms. The van der Waals surface area contributed by atoms with Gasteiger partial charge in [-0.3, -0.25) is 5.43 Å². The number of rotatable bonds is 3. The molecule has 0 saturated heterocycles. The minimum Gasteiger partial charge on any atom is -0.439 e. The van der Waals surface area contributed by atoms with Crippen molar-refractivity contribution in [3.05, 3.63) is 41.0 Å². The van der Waals surface area contributed by atoms with Crippen LogP contribution in [0.5, 0.6) is 11.6 Å². The van der Waals surface area contributed by atoms with Gasteiger partial charge in [-0.15, -0.1) is 0 Å². The molecule has 9 heteroatoms. The fourth-order valence-corrected chi connectivity index (χ4v) is 1.52. The van der Waals surface area contributed by atoms with Crippen LogP contribution in [0.25, 0.3) is 0 Å². The molecule has 0 aliphatic carbocycles. The molecule has 3 N–H and O–H groups in total. The van der Waals surface area contributed by atoms with E-state index in [0.29, 0.717) is 11.1 Å². The smallest absolute Gasteiger partial charge is 0.433 e. The number of alkyl halides is 3. The maximum absolute atomic E-state index is 12.7. The summed E-state index contributed by atoms with van der Waals surface area (Å²) in [5.74, 6) is 4.56. The van der Waals surface area contributed by atoms with Gasteiger partial charge in [-0.05, 0) is 18.2 Å². The molecule has 2 aromatic rings. The van der Waals surface area contributed by atoms with E-state index in [1.165, 1.54) is 12.1 Å². The van der Waals surface area contributed by atoms with E-state index >= 15 is 0 Å². The summed E-state index contributed by atoms with van der Waals surface area (Å²) in [5.41, 5.74) is 0.780. The molecule has 20 heavy (non-hydrogen) atoms. The first-order valence-electron chi connectivity index (χ1n) is 5.25. The molecule has 0 aliphatic rings. The molecular weight excluding hydrogens is 297 g/mol. The molecule has 1 aromatic carbocycles. The van der Waals surface area contributed by atoms with Crippen molar-refractivity contribution < 1.29 is 17.9 Å². The Labute approximate surface area is 116 Å². The van der Waals surface area contributed by atoms with Crippen molar-refractivity contribution in [3.8, 4) is 11.6 Å². The largest absolute Gasteiger partial charge is 0.439 e. The second-order valence-electron chi connectivity index (χ2n) is 3.62. The molecule has 2 rings (SSSR count). The van der Waals surface area contributed by atoms with Crippen molar-refractivity contribution in [2.24, 2.45) is 5.84 Å². The Bertz CT molecular complexity index is 621. The molecule has 106 valence electrons. The number of aromatic nitrogens is 2. The number of hydrazine groups is 1. The van der Waals surface area contributed by atoms with Crippen molar-refractivity contribution in [1.82, 2.24) is 9.97 Å². The molecule has 1 heterocycles. The van der Waals surface area contributed by atoms with Crippen LogP contribution in [0.2, 0.25) is 5.02 Å². The van der Waals surface area contributed by atoms with Gasteiger partial charge in [0.25, 0.3) is 0 Å². The highest BCUT2D eigenvalue weighted by Crippen LogP contribution is 2.31. The van der Waals surface area contributed by atoms with E-state index in [2.05, 4.69) is 9.97 Å². The summed E-state index contributed by atoms with van der Waals surface area (Å²) in [6.07, 6.45) is -4.64. The highest BCUT2D eigenvalue weighted by atomic mass is 35.5. The van der Waals surface area contributed by atoms with Crippen molar-refractivity contribution >= 4 is 17.5 Å². The third-order valence-electron chi connectivity index (χ3n) is 2.14. The van der Waals surface area contributed by atoms with Crippen LogP contribution in [0.15, 0.2) is 30.3 Å². The van der Waals surface area contributed by atoms with Crippen molar-refractivity contribution in [1.29, 1.82) is 0 Å². The Morgan fingerprint density at radius 3 is 2.55 bits per heavy atom. The Morgan fingerprint density at radius 1 is 1.20 bits per heavy atom. The number of hydrogen-bond donors (Lipinski definition) is 2. The first kappa shape index (κ1) is 14.4. The number of nitrogen functional groups attached to an aromatic ring is 1. The lowest BCUT2D eigenvalue weighted by Gasteiger charge is -2.10. The Kier molecular flexibility index (Phi) is 3.96. The minimum absolute atomic E-state index is 0.243. The summed E-state index contributed by atoms with van der Waals surface area (Å²) >= 11 is 5.75. The van der Waals surface area contributed by atoms with Crippen LogP contribution < -0.4 is 16.0 Å². The van der Waals surface area contributed by atoms with E-state index in [-0.39, 0.29) is 11.6 Å². The quantitative estimate of drug-likeness (QED) is 0.673. The van der Waals surface area contributed by atoms with E-state index in [0.717, 1.165) is 0 Å². The van der Waals surface area contributed by atoms with E-state index in [4.69, 9.17) is 22.2 Å². The summed E-state index contributed by atoms with van der Waals surface area (Å²) in [4.78, 5) is 6.88. The predicted octanol–water partition coefficient (Wildman–Crippen LogP) is 3.23. The number of ether oxygens (including phenoxy) is 1. The Hall–Kier alpha value is -2.06. The van der Waals surface area contributed by atoms with Gasteiger partial charge in [0.2, 0.25) is 11.8 Å². The zero-order chi connectivity index (χ0) is 14.8. The van der Waals surface area contributed by atoms with Crippen LogP contribution >= 0.6 is 11.6 Å². The molecule has 0 bridgehead atoms. The van der Waals surface area contributed by atoms with Gasteiger partial charge < -0.3 is 4.74 Å². The number of nitrogens with two attached hydrogens (primary N) is 1. The topological polar surface area (TPSA) is 73.1 Å². The maximum Gasteiger partial charge on any atom is 0.433 e. The first-order chi connectivity index (χ1) is 9.38. The number of nitrogens with one attached hydrogen (secondary N) is 1. The fourth-order valence-electron chi connectivity index (χ4n) is 1.34. The zero-order valence-electron chi connectivity index (χ0n) is 9.78. The average molecular weight is 305 g/mol. The highest BCUT2D eigenvalue weighted by molar-refractivity contribution is 6.30. The summed E-state index contributed by atoms with van der Waals surface area (Å²) in [6.45, 7) is 0. The Morgan fingerprint density at radius 2 is 1.95 bits per heavy atom. The number of halogens is 4. The molecule has 0 atom stereocenters. The standard InChI is InChI=1S/C11H8ClF3N4O/c12-6-2-1-3-7(4-6)20-9-5-8(11(13,14)15)17-10(18-9)19-16/h1-5H,16H2,(H,17,18,19). The third kappa shape index (κ3) is 3.49. The van der Waals surface area contributed by atoms with Crippen molar-refractivity contribution in [2.75, 3.05) is 5.43 Å². The van der Waals surface area contributed by atoms with Gasteiger partial charge in [-0.1, -0.05) is 17.7 Å². The van der Waals surface area contributed by atoms with Crippen LogP contribution in [-0.4, -0.2) is 9.97 Å². The van der Waals surface area contributed by atoms with Crippen molar-refractivity contribution in [3.63, 3.8) is 0 Å². The van der Waals surface area contributed by atoms with Gasteiger partial charge in [0, 0.05) is 11.1 Å². The summed E-state index contributed by atoms with van der Waals surface area (Å²) < 4.78 is 43.2. The molecule has 0 aliphatic heterocycles. The molecule has 0 radical (unpaired) electrons. The number of anilines is 1. The Balaban J connectivity index is 2.36. The van der Waals surface area contributed by atoms with Crippen LogP contribution in [0.3, 0.4) is 0 Å². The van der Waals surface area contributed by atoms with Gasteiger partial charge in [0.05, 0.1) is 0 Å². The SMILES string of the molecule is NNc1nc(Oc2cccc(Cl)c2)cc(C(F)(F)F)n1. The molecule has 5 nitrogen and oxygen atoms in total. The number of hydrogen-bond acceptors (Lipinski definition) is 5. The lowest BCUT2D eigenvalue weighted by Crippen LogP contribution is -2.15. The molecule has 1 aromatic heterocycles. The molecular formula is C11H8ClF3N4O. The molecule has 0 saturated carbocycles. The second-order valence-corrected chi connectivity index (χ2v) is 4.05. The summed E-state index contributed by atoms with van der Waals surface area (Å²) in [5, 5.41) is 0.379. The minimum atomic E-state index is -4.64. The highest BCUT2D eigenvalue weighted by Gasteiger charge is 2.34. The molecule has 0 fully saturated rings. The van der Waals surface area contributed by atoms with E-state index in [9.17, 15) is 13.2 Å². The van der Waals surface area contributed by atoms with Gasteiger partial charge in [0.1, 0.15) is 5.75 Å². The molecule has 0 amide bonds. The zero-order valence-corrected chi connectivity index (χ0v) is 10.5. The number of nitrogens with zero attached hydrogens (tertiary/aromatic N) is 2. The second kappa shape index (κ2) is 5.51. The van der Waals surface area contributed by atoms with Crippen molar-refractivity contribution in [2.45, 2.75) is 6.18 Å². The van der Waals surface area contributed by atoms with Crippen LogP contribution in [0.1, 0.15) is 5.69 Å². The van der Waals surface area contributed by atoms with Gasteiger partial charge in [-0.25, -0.2) is 10.8 Å². The average Bonchev–Trinajstić information content (AvgIpc) is 2.37. The first-order valence-corrected chi connectivity index (χ1v) is 5.62. The monoisotopic (exact) mass is 304 g/mol. The van der Waals surface area contributed by atoms with Gasteiger partial charge in [-0.2, -0.15) is 18.2 Å². The maximum atomic E-state index is 12.7. The van der Waals surface area contributed by atoms with Crippen LogP contribution in [0, 0.1) is 0 Å². The number of benzene rings is 1. The van der Waals surface area contributed by atoms with E-state index in [1.54, 1.807) is 12.1 Å².